The van der Waals surface area contributed by atoms with Gasteiger partial charge in [0.05, 0.1) is 30.0 Å². The van der Waals surface area contributed by atoms with Crippen molar-refractivity contribution in [3.63, 3.8) is 0 Å². The van der Waals surface area contributed by atoms with Crippen LogP contribution in [0.5, 0.6) is 0 Å². The molecule has 3 rings (SSSR count). The van der Waals surface area contributed by atoms with Crippen LogP contribution in [-0.2, 0) is 11.4 Å². The van der Waals surface area contributed by atoms with E-state index in [1.165, 1.54) is 0 Å². The predicted octanol–water partition coefficient (Wildman–Crippen LogP) is 1.77. The highest BCUT2D eigenvalue weighted by atomic mass is 16.5. The number of rotatable bonds is 2. The van der Waals surface area contributed by atoms with Crippen molar-refractivity contribution in [2.75, 3.05) is 13.1 Å². The fraction of sp³-hybridized carbons (Fsp3) is 0.500. The molecule has 2 heterocycles. The summed E-state index contributed by atoms with van der Waals surface area (Å²) in [6, 6.07) is 7.65. The molecule has 112 valence electrons. The summed E-state index contributed by atoms with van der Waals surface area (Å²) >= 11 is 0. The van der Waals surface area contributed by atoms with Crippen LogP contribution in [-0.4, -0.2) is 40.0 Å². The largest absolute Gasteiger partial charge is 0.373 e. The number of hydrogen-bond donors (Lipinski definition) is 0. The summed E-state index contributed by atoms with van der Waals surface area (Å²) in [5, 5.41) is 6.14. The zero-order valence-corrected chi connectivity index (χ0v) is 12.7. The van der Waals surface area contributed by atoms with Crippen molar-refractivity contribution in [3.05, 3.63) is 40.3 Å². The number of fused-ring (bicyclic) bond motifs is 1. The van der Waals surface area contributed by atoms with E-state index in [4.69, 9.17) is 4.74 Å². The fourth-order valence-electron chi connectivity index (χ4n) is 3.09. The molecule has 1 aliphatic heterocycles. The second-order valence-corrected chi connectivity index (χ2v) is 5.87. The van der Waals surface area contributed by atoms with Crippen molar-refractivity contribution < 1.29 is 4.74 Å². The molecule has 0 bridgehead atoms. The summed E-state index contributed by atoms with van der Waals surface area (Å²) in [7, 11) is 0. The van der Waals surface area contributed by atoms with Gasteiger partial charge in [-0.3, -0.25) is 9.69 Å². The molecule has 1 saturated heterocycles. The average molecular weight is 287 g/mol. The lowest BCUT2D eigenvalue weighted by atomic mass is 10.1. The maximum Gasteiger partial charge on any atom is 0.275 e. The van der Waals surface area contributed by atoms with E-state index in [-0.39, 0.29) is 17.8 Å². The van der Waals surface area contributed by atoms with Gasteiger partial charge in [0, 0.05) is 18.5 Å². The van der Waals surface area contributed by atoms with Crippen LogP contribution >= 0.6 is 0 Å². The van der Waals surface area contributed by atoms with Crippen LogP contribution in [0.3, 0.4) is 0 Å². The third-order valence-corrected chi connectivity index (χ3v) is 3.88. The zero-order valence-electron chi connectivity index (χ0n) is 12.7. The highest BCUT2D eigenvalue weighted by Gasteiger charge is 2.23. The van der Waals surface area contributed by atoms with E-state index in [0.29, 0.717) is 6.67 Å². The van der Waals surface area contributed by atoms with Gasteiger partial charge in [0.25, 0.3) is 5.56 Å². The molecule has 1 aromatic heterocycles. The second-order valence-electron chi connectivity index (χ2n) is 5.87. The molecule has 0 spiro atoms. The number of aryl methyl sites for hydroxylation is 1. The quantitative estimate of drug-likeness (QED) is 0.844. The maximum absolute atomic E-state index is 12.6. The molecule has 2 aromatic rings. The number of aromatic nitrogens is 2. The SMILES string of the molecule is Cc1nn(CN2C[C@@H](C)O[C@@H](C)C2)c(=O)c2ccccc12. The lowest BCUT2D eigenvalue weighted by molar-refractivity contribution is -0.0779. The molecule has 1 aliphatic rings. The topological polar surface area (TPSA) is 47.4 Å². The molecule has 0 unspecified atom stereocenters. The van der Waals surface area contributed by atoms with E-state index in [0.717, 1.165) is 29.6 Å². The minimum Gasteiger partial charge on any atom is -0.373 e. The van der Waals surface area contributed by atoms with Crippen molar-refractivity contribution in [2.45, 2.75) is 39.6 Å². The Kier molecular flexibility index (Phi) is 3.78. The number of nitrogens with zero attached hydrogens (tertiary/aromatic N) is 3. The van der Waals surface area contributed by atoms with Gasteiger partial charge in [0.15, 0.2) is 0 Å². The summed E-state index contributed by atoms with van der Waals surface area (Å²) < 4.78 is 7.30. The van der Waals surface area contributed by atoms with E-state index in [1.54, 1.807) is 4.68 Å². The lowest BCUT2D eigenvalue weighted by Gasteiger charge is -2.35. The van der Waals surface area contributed by atoms with Gasteiger partial charge in [-0.2, -0.15) is 5.10 Å². The third-order valence-electron chi connectivity index (χ3n) is 3.88. The highest BCUT2D eigenvalue weighted by Crippen LogP contribution is 2.14. The van der Waals surface area contributed by atoms with Gasteiger partial charge < -0.3 is 4.74 Å². The average Bonchev–Trinajstić information content (AvgIpc) is 2.43. The molecule has 5 heteroatoms. The molecule has 21 heavy (non-hydrogen) atoms. The Bertz CT molecular complexity index is 700. The first kappa shape index (κ1) is 14.2. The van der Waals surface area contributed by atoms with Crippen LogP contribution in [0, 0.1) is 6.92 Å². The van der Waals surface area contributed by atoms with Crippen LogP contribution in [0.2, 0.25) is 0 Å². The molecule has 0 N–H and O–H groups in total. The van der Waals surface area contributed by atoms with Crippen molar-refractivity contribution >= 4 is 10.8 Å². The molecule has 0 radical (unpaired) electrons. The zero-order chi connectivity index (χ0) is 15.0. The summed E-state index contributed by atoms with van der Waals surface area (Å²) in [5.41, 5.74) is 0.863. The van der Waals surface area contributed by atoms with E-state index < -0.39 is 0 Å². The van der Waals surface area contributed by atoms with Crippen molar-refractivity contribution in [1.29, 1.82) is 0 Å². The van der Waals surface area contributed by atoms with Crippen molar-refractivity contribution in [3.8, 4) is 0 Å². The molecular formula is C16H21N3O2. The fourth-order valence-corrected chi connectivity index (χ4v) is 3.09. The van der Waals surface area contributed by atoms with Crippen LogP contribution in [0.25, 0.3) is 10.8 Å². The molecule has 5 nitrogen and oxygen atoms in total. The molecule has 0 saturated carbocycles. The lowest BCUT2D eigenvalue weighted by Crippen LogP contribution is -2.47. The summed E-state index contributed by atoms with van der Waals surface area (Å²) in [4.78, 5) is 14.8. The third kappa shape index (κ3) is 2.84. The molecule has 1 fully saturated rings. The first-order valence-electron chi connectivity index (χ1n) is 7.39. The van der Waals surface area contributed by atoms with Crippen molar-refractivity contribution in [1.82, 2.24) is 14.7 Å². The van der Waals surface area contributed by atoms with Crippen LogP contribution in [0.1, 0.15) is 19.5 Å². The molecule has 2 atom stereocenters. The molecule has 1 aromatic carbocycles. The smallest absolute Gasteiger partial charge is 0.275 e. The van der Waals surface area contributed by atoms with Gasteiger partial charge in [0.2, 0.25) is 0 Å². The Morgan fingerprint density at radius 2 is 1.81 bits per heavy atom. The summed E-state index contributed by atoms with van der Waals surface area (Å²) in [6.07, 6.45) is 0.372. The standard InChI is InChI=1S/C16H21N3O2/c1-11-8-18(9-12(2)21-11)10-19-16(20)15-7-5-4-6-14(15)13(3)17-19/h4-7,11-12H,8-10H2,1-3H3/t11-,12+. The molecule has 0 amide bonds. The normalized spacial score (nSPS) is 23.6. The first-order chi connectivity index (χ1) is 10.0. The molecule has 0 aliphatic carbocycles. The van der Waals surface area contributed by atoms with Gasteiger partial charge in [-0.15, -0.1) is 0 Å². The van der Waals surface area contributed by atoms with Crippen molar-refractivity contribution in [2.24, 2.45) is 0 Å². The van der Waals surface area contributed by atoms with Gasteiger partial charge >= 0.3 is 0 Å². The Hall–Kier alpha value is -1.72. The highest BCUT2D eigenvalue weighted by molar-refractivity contribution is 5.83. The van der Waals surface area contributed by atoms with Crippen LogP contribution in [0.15, 0.2) is 29.1 Å². The van der Waals surface area contributed by atoms with Crippen LogP contribution in [0.4, 0.5) is 0 Å². The van der Waals surface area contributed by atoms with Gasteiger partial charge in [-0.05, 0) is 26.8 Å². The van der Waals surface area contributed by atoms with Crippen LogP contribution < -0.4 is 5.56 Å². The minimum absolute atomic E-state index is 0.0250. The number of ether oxygens (including phenoxy) is 1. The van der Waals surface area contributed by atoms with E-state index in [1.807, 2.05) is 31.2 Å². The predicted molar refractivity (Wildman–Crippen MR) is 82.3 cm³/mol. The van der Waals surface area contributed by atoms with Gasteiger partial charge in [-0.1, -0.05) is 18.2 Å². The second kappa shape index (κ2) is 5.58. The van der Waals surface area contributed by atoms with E-state index in [9.17, 15) is 4.79 Å². The number of hydrogen-bond acceptors (Lipinski definition) is 4. The summed E-state index contributed by atoms with van der Waals surface area (Å²) in [6.45, 7) is 8.23. The maximum atomic E-state index is 12.6. The Balaban J connectivity index is 1.94. The monoisotopic (exact) mass is 287 g/mol. The number of benzene rings is 1. The first-order valence-corrected chi connectivity index (χ1v) is 7.39. The number of morpholine rings is 1. The van der Waals surface area contributed by atoms with E-state index >= 15 is 0 Å². The minimum atomic E-state index is -0.0250. The Morgan fingerprint density at radius 3 is 2.48 bits per heavy atom. The van der Waals surface area contributed by atoms with Gasteiger partial charge in [-0.25, -0.2) is 4.68 Å². The van der Waals surface area contributed by atoms with E-state index in [2.05, 4.69) is 23.8 Å². The molecular weight excluding hydrogens is 266 g/mol. The van der Waals surface area contributed by atoms with Gasteiger partial charge in [0.1, 0.15) is 0 Å². The summed E-state index contributed by atoms with van der Waals surface area (Å²) in [5.74, 6) is 0. The Labute approximate surface area is 124 Å². The Morgan fingerprint density at radius 1 is 1.19 bits per heavy atom.